The van der Waals surface area contributed by atoms with E-state index in [2.05, 4.69) is 0 Å². The second-order valence-electron chi connectivity index (χ2n) is 7.88. The zero-order valence-corrected chi connectivity index (χ0v) is 20.2. The van der Waals surface area contributed by atoms with E-state index >= 15 is 0 Å². The highest BCUT2D eigenvalue weighted by Crippen LogP contribution is 2.19. The Bertz CT molecular complexity index is 879. The lowest BCUT2D eigenvalue weighted by Gasteiger charge is -2.14. The smallest absolute Gasteiger partial charge is 0.123 e. The third-order valence-corrected chi connectivity index (χ3v) is 4.79. The Balaban J connectivity index is 1.20. The summed E-state index contributed by atoms with van der Waals surface area (Å²) in [7, 11) is 0. The lowest BCUT2D eigenvalue weighted by atomic mass is 10.3. The van der Waals surface area contributed by atoms with Crippen LogP contribution in [-0.4, -0.2) is 75.3 Å². The van der Waals surface area contributed by atoms with Gasteiger partial charge >= 0.3 is 0 Å². The van der Waals surface area contributed by atoms with E-state index < -0.39 is 12.2 Å². The molecule has 0 fully saturated rings. The van der Waals surface area contributed by atoms with Crippen LogP contribution in [0, 0.1) is 0 Å². The van der Waals surface area contributed by atoms with Gasteiger partial charge in [0.2, 0.25) is 0 Å². The number of aliphatic hydroxyl groups is 2. The molecule has 0 amide bonds. The van der Waals surface area contributed by atoms with E-state index in [1.165, 1.54) is 0 Å². The van der Waals surface area contributed by atoms with Gasteiger partial charge in [0, 0.05) is 6.07 Å². The topological polar surface area (TPSA) is 95.8 Å². The fourth-order valence-electron chi connectivity index (χ4n) is 3.04. The molecule has 36 heavy (non-hydrogen) atoms. The summed E-state index contributed by atoms with van der Waals surface area (Å²) in [4.78, 5) is 0. The van der Waals surface area contributed by atoms with Crippen molar-refractivity contribution in [1.29, 1.82) is 0 Å². The quantitative estimate of drug-likeness (QED) is 0.258. The predicted octanol–water partition coefficient (Wildman–Crippen LogP) is 3.36. The van der Waals surface area contributed by atoms with Crippen molar-refractivity contribution in [3.05, 3.63) is 84.9 Å². The number of benzene rings is 3. The van der Waals surface area contributed by atoms with Crippen LogP contribution < -0.4 is 18.9 Å². The molecule has 0 aliphatic carbocycles. The van der Waals surface area contributed by atoms with Crippen molar-refractivity contribution < 1.29 is 38.6 Å². The highest BCUT2D eigenvalue weighted by molar-refractivity contribution is 5.32. The van der Waals surface area contributed by atoms with E-state index in [0.29, 0.717) is 49.4 Å². The molecular formula is C28H34O8. The standard InChI is InChI=1S/C28H34O8/c29-23(21-35-25-8-3-1-4-9-25)19-31-14-16-33-27-12-7-13-28(18-27)34-17-15-32-20-24(30)22-36-26-10-5-2-6-11-26/h1-13,18,23-24,29-30H,14-17,19-22H2. The van der Waals surface area contributed by atoms with E-state index in [9.17, 15) is 10.2 Å². The molecule has 0 aliphatic rings. The summed E-state index contributed by atoms with van der Waals surface area (Å²) in [6, 6.07) is 25.9. The van der Waals surface area contributed by atoms with Crippen LogP contribution in [0.2, 0.25) is 0 Å². The van der Waals surface area contributed by atoms with Crippen LogP contribution in [0.1, 0.15) is 0 Å². The van der Waals surface area contributed by atoms with Gasteiger partial charge in [0.05, 0.1) is 26.4 Å². The van der Waals surface area contributed by atoms with Crippen molar-refractivity contribution >= 4 is 0 Å². The molecule has 0 bridgehead atoms. The van der Waals surface area contributed by atoms with Crippen molar-refractivity contribution in [2.75, 3.05) is 52.9 Å². The van der Waals surface area contributed by atoms with Gasteiger partial charge in [-0.05, 0) is 36.4 Å². The van der Waals surface area contributed by atoms with Gasteiger partial charge in [-0.15, -0.1) is 0 Å². The van der Waals surface area contributed by atoms with E-state index in [1.807, 2.05) is 78.9 Å². The fraction of sp³-hybridized carbons (Fsp3) is 0.357. The van der Waals surface area contributed by atoms with Gasteiger partial charge in [0.15, 0.2) is 0 Å². The molecule has 0 aromatic heterocycles. The van der Waals surface area contributed by atoms with Crippen LogP contribution >= 0.6 is 0 Å². The molecule has 0 heterocycles. The minimum absolute atomic E-state index is 0.159. The Labute approximate surface area is 211 Å². The summed E-state index contributed by atoms with van der Waals surface area (Å²) in [5, 5.41) is 19.9. The van der Waals surface area contributed by atoms with Crippen molar-refractivity contribution in [3.8, 4) is 23.0 Å². The molecule has 2 atom stereocenters. The predicted molar refractivity (Wildman–Crippen MR) is 135 cm³/mol. The Morgan fingerprint density at radius 1 is 0.444 bits per heavy atom. The van der Waals surface area contributed by atoms with E-state index in [4.69, 9.17) is 28.4 Å². The number of para-hydroxylation sites is 2. The molecule has 0 aliphatic heterocycles. The van der Waals surface area contributed by atoms with Crippen LogP contribution in [0.15, 0.2) is 84.9 Å². The fourth-order valence-corrected chi connectivity index (χ4v) is 3.04. The van der Waals surface area contributed by atoms with Gasteiger partial charge in [-0.1, -0.05) is 42.5 Å². The van der Waals surface area contributed by atoms with Crippen molar-refractivity contribution in [1.82, 2.24) is 0 Å². The molecule has 3 aromatic carbocycles. The SMILES string of the molecule is OC(COCCOc1cccc(OCCOCC(O)COc2ccccc2)c1)COc1ccccc1. The number of hydrogen-bond acceptors (Lipinski definition) is 8. The Hall–Kier alpha value is -3.30. The van der Waals surface area contributed by atoms with Crippen molar-refractivity contribution in [3.63, 3.8) is 0 Å². The molecule has 8 heteroatoms. The van der Waals surface area contributed by atoms with Crippen molar-refractivity contribution in [2.24, 2.45) is 0 Å². The average Bonchev–Trinajstić information content (AvgIpc) is 2.92. The molecule has 2 N–H and O–H groups in total. The maximum Gasteiger partial charge on any atom is 0.123 e. The highest BCUT2D eigenvalue weighted by Gasteiger charge is 2.07. The lowest BCUT2D eigenvalue weighted by Crippen LogP contribution is -2.24. The first kappa shape index (κ1) is 27.3. The molecule has 2 unspecified atom stereocenters. The maximum atomic E-state index is 9.95. The van der Waals surface area contributed by atoms with Crippen LogP contribution in [0.4, 0.5) is 0 Å². The molecular weight excluding hydrogens is 464 g/mol. The minimum atomic E-state index is -0.721. The lowest BCUT2D eigenvalue weighted by molar-refractivity contribution is 0.00318. The number of hydrogen-bond donors (Lipinski definition) is 2. The van der Waals surface area contributed by atoms with Gasteiger partial charge in [-0.3, -0.25) is 0 Å². The summed E-state index contributed by atoms with van der Waals surface area (Å²) in [5.41, 5.74) is 0. The molecule has 3 aromatic rings. The van der Waals surface area contributed by atoms with Gasteiger partial charge in [-0.2, -0.15) is 0 Å². The zero-order chi connectivity index (χ0) is 25.3. The monoisotopic (exact) mass is 498 g/mol. The Morgan fingerprint density at radius 2 is 0.861 bits per heavy atom. The first-order chi connectivity index (χ1) is 17.7. The normalized spacial score (nSPS) is 12.5. The summed E-state index contributed by atoms with van der Waals surface area (Å²) in [5.74, 6) is 2.72. The van der Waals surface area contributed by atoms with E-state index in [0.717, 1.165) is 0 Å². The van der Waals surface area contributed by atoms with Gasteiger partial charge in [0.25, 0.3) is 0 Å². The van der Waals surface area contributed by atoms with Crippen LogP contribution in [0.25, 0.3) is 0 Å². The summed E-state index contributed by atoms with van der Waals surface area (Å²) >= 11 is 0. The molecule has 0 radical (unpaired) electrons. The maximum absolute atomic E-state index is 9.95. The average molecular weight is 499 g/mol. The van der Waals surface area contributed by atoms with Crippen LogP contribution in [0.3, 0.4) is 0 Å². The molecule has 0 spiro atoms. The highest BCUT2D eigenvalue weighted by atomic mass is 16.5. The molecule has 0 saturated carbocycles. The van der Waals surface area contributed by atoms with Crippen LogP contribution in [0.5, 0.6) is 23.0 Å². The Morgan fingerprint density at radius 3 is 1.31 bits per heavy atom. The van der Waals surface area contributed by atoms with Gasteiger partial charge in [0.1, 0.15) is 61.6 Å². The van der Waals surface area contributed by atoms with Gasteiger partial charge < -0.3 is 38.6 Å². The minimum Gasteiger partial charge on any atom is -0.491 e. The summed E-state index contributed by atoms with van der Waals surface area (Å²) < 4.78 is 33.3. The second kappa shape index (κ2) is 16.4. The first-order valence-corrected chi connectivity index (χ1v) is 11.9. The zero-order valence-electron chi connectivity index (χ0n) is 20.2. The summed E-state index contributed by atoms with van der Waals surface area (Å²) in [6.45, 7) is 1.97. The van der Waals surface area contributed by atoms with E-state index in [-0.39, 0.29) is 26.4 Å². The number of aliphatic hydroxyl groups excluding tert-OH is 2. The third-order valence-electron chi connectivity index (χ3n) is 4.79. The summed E-state index contributed by atoms with van der Waals surface area (Å²) in [6.07, 6.45) is -1.44. The Kier molecular flexibility index (Phi) is 12.4. The molecule has 194 valence electrons. The first-order valence-electron chi connectivity index (χ1n) is 11.9. The molecule has 0 saturated heterocycles. The van der Waals surface area contributed by atoms with Gasteiger partial charge in [-0.25, -0.2) is 0 Å². The number of rotatable bonds is 18. The largest absolute Gasteiger partial charge is 0.491 e. The third kappa shape index (κ3) is 11.4. The van der Waals surface area contributed by atoms with E-state index in [1.54, 1.807) is 6.07 Å². The van der Waals surface area contributed by atoms with Crippen LogP contribution in [-0.2, 0) is 9.47 Å². The number of ether oxygens (including phenoxy) is 6. The van der Waals surface area contributed by atoms with Crippen molar-refractivity contribution in [2.45, 2.75) is 12.2 Å². The molecule has 3 rings (SSSR count). The molecule has 8 nitrogen and oxygen atoms in total. The second-order valence-corrected chi connectivity index (χ2v) is 7.88.